The Hall–Kier alpha value is -1.15. The van der Waals surface area contributed by atoms with Gasteiger partial charge in [0.25, 0.3) is 0 Å². The average molecular weight is 290 g/mol. The molecule has 2 aliphatic rings. The maximum Gasteiger partial charge on any atom is 0.305 e. The summed E-state index contributed by atoms with van der Waals surface area (Å²) in [5, 5.41) is 8.86. The summed E-state index contributed by atoms with van der Waals surface area (Å²) in [6.45, 7) is 1.14. The molecule has 19 heavy (non-hydrogen) atoms. The number of nitrogens with zero attached hydrogens (tertiary/aromatic N) is 2. The number of carbonyl (C=O) groups is 2. The second-order valence-corrected chi connectivity index (χ2v) is 7.15. The predicted molar refractivity (Wildman–Crippen MR) is 66.9 cm³/mol. The molecule has 2 rings (SSSR count). The van der Waals surface area contributed by atoms with E-state index >= 15 is 0 Å². The number of carboxylic acid groups (broad SMARTS) is 1. The van der Waals surface area contributed by atoms with Gasteiger partial charge in [0.15, 0.2) is 0 Å². The maximum atomic E-state index is 12.2. The molecule has 0 bridgehead atoms. The standard InChI is InChI=1S/C11H18N2O5S/c1-19(17,18)13-5-4-12(7-8-2-3-8)11(16)9(13)6-10(14)15/h8-9H,2-7H2,1H3,(H,14,15). The zero-order valence-electron chi connectivity index (χ0n) is 10.8. The third-order valence-electron chi connectivity index (χ3n) is 3.50. The molecule has 0 aromatic carbocycles. The van der Waals surface area contributed by atoms with E-state index in [1.807, 2.05) is 0 Å². The third kappa shape index (κ3) is 3.44. The highest BCUT2D eigenvalue weighted by Crippen LogP contribution is 2.31. The van der Waals surface area contributed by atoms with Gasteiger partial charge in [0, 0.05) is 19.6 Å². The molecule has 1 unspecified atom stereocenters. The molecular formula is C11H18N2O5S. The summed E-state index contributed by atoms with van der Waals surface area (Å²) in [6, 6.07) is -1.10. The van der Waals surface area contributed by atoms with Crippen molar-refractivity contribution in [2.75, 3.05) is 25.9 Å². The van der Waals surface area contributed by atoms with Crippen LogP contribution in [0.4, 0.5) is 0 Å². The van der Waals surface area contributed by atoms with Gasteiger partial charge in [0.2, 0.25) is 15.9 Å². The van der Waals surface area contributed by atoms with Crippen LogP contribution in [0.25, 0.3) is 0 Å². The summed E-state index contributed by atoms with van der Waals surface area (Å²) in [5.41, 5.74) is 0. The van der Waals surface area contributed by atoms with Crippen molar-refractivity contribution in [3.05, 3.63) is 0 Å². The van der Waals surface area contributed by atoms with Crippen molar-refractivity contribution < 1.29 is 23.1 Å². The quantitative estimate of drug-likeness (QED) is 0.725. The van der Waals surface area contributed by atoms with Gasteiger partial charge in [-0.1, -0.05) is 0 Å². The number of hydrogen-bond donors (Lipinski definition) is 1. The number of sulfonamides is 1. The minimum absolute atomic E-state index is 0.176. The number of carboxylic acids is 1. The molecule has 1 amide bonds. The molecule has 1 heterocycles. The molecule has 0 aromatic heterocycles. The van der Waals surface area contributed by atoms with Gasteiger partial charge in [-0.2, -0.15) is 4.31 Å². The van der Waals surface area contributed by atoms with Crippen LogP contribution in [-0.4, -0.2) is 66.5 Å². The van der Waals surface area contributed by atoms with Gasteiger partial charge in [-0.3, -0.25) is 9.59 Å². The molecule has 2 fully saturated rings. The lowest BCUT2D eigenvalue weighted by molar-refractivity contribution is -0.146. The van der Waals surface area contributed by atoms with Gasteiger partial charge >= 0.3 is 5.97 Å². The van der Waals surface area contributed by atoms with Gasteiger partial charge < -0.3 is 10.0 Å². The first kappa shape index (κ1) is 14.3. The highest BCUT2D eigenvalue weighted by atomic mass is 32.2. The Bertz CT molecular complexity index is 485. The van der Waals surface area contributed by atoms with E-state index in [2.05, 4.69) is 0 Å². The van der Waals surface area contributed by atoms with E-state index in [4.69, 9.17) is 5.11 Å². The number of aliphatic carboxylic acids is 1. The number of carbonyl (C=O) groups excluding carboxylic acids is 1. The second-order valence-electron chi connectivity index (χ2n) is 5.21. The topological polar surface area (TPSA) is 95.0 Å². The molecule has 1 saturated carbocycles. The maximum absolute atomic E-state index is 12.2. The van der Waals surface area contributed by atoms with Crippen molar-refractivity contribution in [3.8, 4) is 0 Å². The Labute approximate surface area is 112 Å². The first-order chi connectivity index (χ1) is 8.79. The zero-order valence-corrected chi connectivity index (χ0v) is 11.6. The fraction of sp³-hybridized carbons (Fsp3) is 0.818. The first-order valence-corrected chi connectivity index (χ1v) is 8.11. The minimum atomic E-state index is -3.57. The van der Waals surface area contributed by atoms with Crippen molar-refractivity contribution in [2.45, 2.75) is 25.3 Å². The summed E-state index contributed by atoms with van der Waals surface area (Å²) < 4.78 is 24.3. The molecule has 1 aliphatic heterocycles. The molecule has 1 N–H and O–H groups in total. The Morgan fingerprint density at radius 1 is 1.37 bits per heavy atom. The van der Waals surface area contributed by atoms with Crippen molar-refractivity contribution in [1.29, 1.82) is 0 Å². The lowest BCUT2D eigenvalue weighted by atomic mass is 10.1. The number of piperazine rings is 1. The summed E-state index contributed by atoms with van der Waals surface area (Å²) in [4.78, 5) is 24.7. The van der Waals surface area contributed by atoms with Crippen molar-refractivity contribution >= 4 is 21.9 Å². The summed E-state index contributed by atoms with van der Waals surface area (Å²) in [7, 11) is -3.57. The van der Waals surface area contributed by atoms with Crippen LogP contribution in [0.2, 0.25) is 0 Å². The monoisotopic (exact) mass is 290 g/mol. The van der Waals surface area contributed by atoms with E-state index in [0.29, 0.717) is 19.0 Å². The fourth-order valence-corrected chi connectivity index (χ4v) is 3.40. The molecule has 7 nitrogen and oxygen atoms in total. The van der Waals surface area contributed by atoms with Crippen LogP contribution >= 0.6 is 0 Å². The highest BCUT2D eigenvalue weighted by Gasteiger charge is 2.41. The molecule has 0 aromatic rings. The van der Waals surface area contributed by atoms with Gasteiger partial charge in [-0.15, -0.1) is 0 Å². The van der Waals surface area contributed by atoms with Crippen LogP contribution < -0.4 is 0 Å². The highest BCUT2D eigenvalue weighted by molar-refractivity contribution is 7.88. The third-order valence-corrected chi connectivity index (χ3v) is 4.79. The van der Waals surface area contributed by atoms with E-state index in [1.54, 1.807) is 4.90 Å². The predicted octanol–water partition coefficient (Wildman–Crippen LogP) is -0.656. The zero-order chi connectivity index (χ0) is 14.2. The summed E-state index contributed by atoms with van der Waals surface area (Å²) in [5.74, 6) is -1.05. The van der Waals surface area contributed by atoms with Crippen LogP contribution in [0.5, 0.6) is 0 Å². The molecular weight excluding hydrogens is 272 g/mol. The molecule has 8 heteroatoms. The van der Waals surface area contributed by atoms with Gasteiger partial charge in [0.1, 0.15) is 6.04 Å². The van der Waals surface area contributed by atoms with Crippen LogP contribution in [0.3, 0.4) is 0 Å². The normalized spacial score (nSPS) is 25.6. The summed E-state index contributed by atoms with van der Waals surface area (Å²) >= 11 is 0. The fourth-order valence-electron chi connectivity index (χ4n) is 2.36. The average Bonchev–Trinajstić information content (AvgIpc) is 3.05. The van der Waals surface area contributed by atoms with E-state index in [9.17, 15) is 18.0 Å². The van der Waals surface area contributed by atoms with E-state index < -0.39 is 28.5 Å². The van der Waals surface area contributed by atoms with Crippen molar-refractivity contribution in [1.82, 2.24) is 9.21 Å². The smallest absolute Gasteiger partial charge is 0.305 e. The van der Waals surface area contributed by atoms with Gasteiger partial charge in [0.05, 0.1) is 12.7 Å². The SMILES string of the molecule is CS(=O)(=O)N1CCN(CC2CC2)C(=O)C1CC(=O)O. The first-order valence-electron chi connectivity index (χ1n) is 6.26. The Morgan fingerprint density at radius 3 is 2.47 bits per heavy atom. The van der Waals surface area contributed by atoms with Crippen LogP contribution in [0, 0.1) is 5.92 Å². The van der Waals surface area contributed by atoms with Crippen molar-refractivity contribution in [3.63, 3.8) is 0 Å². The minimum Gasteiger partial charge on any atom is -0.481 e. The Kier molecular flexibility index (Phi) is 3.82. The molecule has 108 valence electrons. The second kappa shape index (κ2) is 5.09. The number of amides is 1. The molecule has 1 atom stereocenters. The molecule has 0 radical (unpaired) electrons. The number of hydrogen-bond acceptors (Lipinski definition) is 4. The van der Waals surface area contributed by atoms with E-state index in [1.165, 1.54) is 0 Å². The van der Waals surface area contributed by atoms with E-state index in [0.717, 1.165) is 23.4 Å². The van der Waals surface area contributed by atoms with Crippen molar-refractivity contribution in [2.24, 2.45) is 5.92 Å². The van der Waals surface area contributed by atoms with Gasteiger partial charge in [-0.05, 0) is 18.8 Å². The number of rotatable bonds is 5. The van der Waals surface area contributed by atoms with Crippen LogP contribution in [0.15, 0.2) is 0 Å². The van der Waals surface area contributed by atoms with Gasteiger partial charge in [-0.25, -0.2) is 8.42 Å². The molecule has 1 saturated heterocycles. The largest absolute Gasteiger partial charge is 0.481 e. The molecule has 0 spiro atoms. The lowest BCUT2D eigenvalue weighted by Gasteiger charge is -2.38. The molecule has 1 aliphatic carbocycles. The Morgan fingerprint density at radius 2 is 2.00 bits per heavy atom. The van der Waals surface area contributed by atoms with Crippen LogP contribution in [-0.2, 0) is 19.6 Å². The van der Waals surface area contributed by atoms with E-state index in [-0.39, 0.29) is 12.5 Å². The lowest BCUT2D eigenvalue weighted by Crippen LogP contribution is -2.59. The Balaban J connectivity index is 2.15. The summed E-state index contributed by atoms with van der Waals surface area (Å²) in [6.07, 6.45) is 2.70. The van der Waals surface area contributed by atoms with Crippen LogP contribution in [0.1, 0.15) is 19.3 Å².